The molecule has 0 radical (unpaired) electrons. The maximum absolute atomic E-state index is 6.54. The average Bonchev–Trinajstić information content (AvgIpc) is 2.87. The standard InChI is InChI=1S/C17H26N2O/c1-19-11-5-8-16(13-19)20-15-7-4-6-14(12-15)17(18)9-2-3-10-17/h4,6-7,12,16H,2-3,5,8-11,13,18H2,1H3. The summed E-state index contributed by atoms with van der Waals surface area (Å²) in [5, 5.41) is 0. The number of likely N-dealkylation sites (tertiary alicyclic amines) is 1. The lowest BCUT2D eigenvalue weighted by Gasteiger charge is -2.30. The number of likely N-dealkylation sites (N-methyl/N-ethyl adjacent to an activating group) is 1. The number of hydrogen-bond donors (Lipinski definition) is 1. The predicted molar refractivity (Wildman–Crippen MR) is 81.9 cm³/mol. The zero-order chi connectivity index (χ0) is 14.0. The van der Waals surface area contributed by atoms with Crippen LogP contribution in [0.25, 0.3) is 0 Å². The van der Waals surface area contributed by atoms with E-state index in [0.29, 0.717) is 6.10 Å². The van der Waals surface area contributed by atoms with Crippen molar-refractivity contribution in [3.63, 3.8) is 0 Å². The van der Waals surface area contributed by atoms with Gasteiger partial charge >= 0.3 is 0 Å². The second kappa shape index (κ2) is 5.74. The topological polar surface area (TPSA) is 38.5 Å². The Hall–Kier alpha value is -1.06. The van der Waals surface area contributed by atoms with Crippen molar-refractivity contribution in [3.05, 3.63) is 29.8 Å². The monoisotopic (exact) mass is 274 g/mol. The Labute approximate surface area is 122 Å². The van der Waals surface area contributed by atoms with E-state index in [9.17, 15) is 0 Å². The van der Waals surface area contributed by atoms with E-state index in [1.54, 1.807) is 0 Å². The molecule has 1 aliphatic heterocycles. The Morgan fingerprint density at radius 1 is 1.25 bits per heavy atom. The normalized spacial score (nSPS) is 26.6. The summed E-state index contributed by atoms with van der Waals surface area (Å²) in [7, 11) is 2.17. The third-order valence-corrected chi connectivity index (χ3v) is 4.79. The van der Waals surface area contributed by atoms with Crippen molar-refractivity contribution in [3.8, 4) is 5.75 Å². The van der Waals surface area contributed by atoms with Crippen LogP contribution in [-0.4, -0.2) is 31.1 Å². The second-order valence-electron chi connectivity index (χ2n) is 6.54. The lowest BCUT2D eigenvalue weighted by molar-refractivity contribution is 0.104. The van der Waals surface area contributed by atoms with Gasteiger partial charge in [-0.15, -0.1) is 0 Å². The fraction of sp³-hybridized carbons (Fsp3) is 0.647. The SMILES string of the molecule is CN1CCCC(Oc2cccc(C3(N)CCCC3)c2)C1. The van der Waals surface area contributed by atoms with E-state index in [4.69, 9.17) is 10.5 Å². The van der Waals surface area contributed by atoms with Gasteiger partial charge in [0.15, 0.2) is 0 Å². The smallest absolute Gasteiger partial charge is 0.120 e. The second-order valence-corrected chi connectivity index (χ2v) is 6.54. The van der Waals surface area contributed by atoms with Crippen molar-refractivity contribution in [1.82, 2.24) is 4.90 Å². The molecule has 1 aromatic rings. The van der Waals surface area contributed by atoms with Gasteiger partial charge in [0.05, 0.1) is 0 Å². The molecule has 0 spiro atoms. The van der Waals surface area contributed by atoms with Crippen molar-refractivity contribution in [2.24, 2.45) is 5.73 Å². The summed E-state index contributed by atoms with van der Waals surface area (Å²) < 4.78 is 6.17. The van der Waals surface area contributed by atoms with Crippen molar-refractivity contribution in [1.29, 1.82) is 0 Å². The first-order valence-corrected chi connectivity index (χ1v) is 7.90. The summed E-state index contributed by atoms with van der Waals surface area (Å²) in [6.07, 6.45) is 7.39. The molecule has 2 fully saturated rings. The van der Waals surface area contributed by atoms with Gasteiger partial charge in [0.25, 0.3) is 0 Å². The van der Waals surface area contributed by atoms with Gasteiger partial charge in [0.2, 0.25) is 0 Å². The van der Waals surface area contributed by atoms with Crippen LogP contribution in [0.4, 0.5) is 0 Å². The fourth-order valence-electron chi connectivity index (χ4n) is 3.58. The number of hydrogen-bond acceptors (Lipinski definition) is 3. The van der Waals surface area contributed by atoms with Gasteiger partial charge in [0, 0.05) is 12.1 Å². The third kappa shape index (κ3) is 2.99. The molecule has 20 heavy (non-hydrogen) atoms. The highest BCUT2D eigenvalue weighted by atomic mass is 16.5. The number of rotatable bonds is 3. The van der Waals surface area contributed by atoms with Crippen LogP contribution in [0.3, 0.4) is 0 Å². The highest BCUT2D eigenvalue weighted by Crippen LogP contribution is 2.37. The number of piperidine rings is 1. The first-order valence-electron chi connectivity index (χ1n) is 7.90. The lowest BCUT2D eigenvalue weighted by atomic mass is 9.89. The van der Waals surface area contributed by atoms with Crippen molar-refractivity contribution in [2.75, 3.05) is 20.1 Å². The molecular formula is C17H26N2O. The molecule has 110 valence electrons. The zero-order valence-electron chi connectivity index (χ0n) is 12.5. The van der Waals surface area contributed by atoms with Crippen molar-refractivity contribution < 1.29 is 4.74 Å². The van der Waals surface area contributed by atoms with Gasteiger partial charge in [-0.2, -0.15) is 0 Å². The molecule has 3 heteroatoms. The number of nitrogens with two attached hydrogens (primary N) is 1. The van der Waals surface area contributed by atoms with Gasteiger partial charge in [-0.05, 0) is 57.0 Å². The van der Waals surface area contributed by atoms with Gasteiger partial charge in [-0.1, -0.05) is 25.0 Å². The highest BCUT2D eigenvalue weighted by molar-refractivity contribution is 5.34. The van der Waals surface area contributed by atoms with E-state index in [1.807, 2.05) is 0 Å². The van der Waals surface area contributed by atoms with Crippen molar-refractivity contribution in [2.45, 2.75) is 50.2 Å². The summed E-state index contributed by atoms with van der Waals surface area (Å²) in [5.74, 6) is 0.986. The molecule has 1 heterocycles. The van der Waals surface area contributed by atoms with Crippen LogP contribution in [0.15, 0.2) is 24.3 Å². The summed E-state index contributed by atoms with van der Waals surface area (Å²) >= 11 is 0. The number of ether oxygens (including phenoxy) is 1. The van der Waals surface area contributed by atoms with E-state index in [0.717, 1.165) is 31.6 Å². The van der Waals surface area contributed by atoms with Crippen LogP contribution in [0.2, 0.25) is 0 Å². The fourth-order valence-corrected chi connectivity index (χ4v) is 3.58. The first kappa shape index (κ1) is 13.9. The zero-order valence-corrected chi connectivity index (χ0v) is 12.5. The van der Waals surface area contributed by atoms with E-state index in [-0.39, 0.29) is 5.54 Å². The number of nitrogens with zero attached hydrogens (tertiary/aromatic N) is 1. The van der Waals surface area contributed by atoms with Crippen LogP contribution < -0.4 is 10.5 Å². The summed E-state index contributed by atoms with van der Waals surface area (Å²) in [4.78, 5) is 2.35. The molecule has 1 aromatic carbocycles. The predicted octanol–water partition coefficient (Wildman–Crippen LogP) is 2.89. The van der Waals surface area contributed by atoms with Gasteiger partial charge < -0.3 is 15.4 Å². The molecule has 0 aromatic heterocycles. The molecule has 1 aliphatic carbocycles. The Balaban J connectivity index is 1.71. The molecule has 3 nitrogen and oxygen atoms in total. The molecule has 1 atom stereocenters. The van der Waals surface area contributed by atoms with E-state index >= 15 is 0 Å². The van der Waals surface area contributed by atoms with Crippen LogP contribution >= 0.6 is 0 Å². The Kier molecular flexibility index (Phi) is 3.99. The average molecular weight is 274 g/mol. The minimum absolute atomic E-state index is 0.122. The maximum atomic E-state index is 6.54. The molecule has 1 saturated carbocycles. The molecule has 0 bridgehead atoms. The molecule has 0 amide bonds. The van der Waals surface area contributed by atoms with Crippen molar-refractivity contribution >= 4 is 0 Å². The minimum Gasteiger partial charge on any atom is -0.489 e. The van der Waals surface area contributed by atoms with Gasteiger partial charge in [-0.3, -0.25) is 0 Å². The molecule has 2 N–H and O–H groups in total. The highest BCUT2D eigenvalue weighted by Gasteiger charge is 2.31. The van der Waals surface area contributed by atoms with Gasteiger partial charge in [-0.25, -0.2) is 0 Å². The summed E-state index contributed by atoms with van der Waals surface area (Å²) in [5.41, 5.74) is 7.67. The Bertz CT molecular complexity index is 454. The summed E-state index contributed by atoms with van der Waals surface area (Å²) in [6.45, 7) is 2.21. The minimum atomic E-state index is -0.122. The largest absolute Gasteiger partial charge is 0.489 e. The quantitative estimate of drug-likeness (QED) is 0.921. The number of benzene rings is 1. The van der Waals surface area contributed by atoms with Crippen LogP contribution in [0.5, 0.6) is 5.75 Å². The molecule has 1 saturated heterocycles. The molecule has 1 unspecified atom stereocenters. The van der Waals surface area contributed by atoms with Crippen LogP contribution in [0.1, 0.15) is 44.1 Å². The third-order valence-electron chi connectivity index (χ3n) is 4.79. The maximum Gasteiger partial charge on any atom is 0.120 e. The summed E-state index contributed by atoms with van der Waals surface area (Å²) in [6, 6.07) is 8.48. The molecule has 3 rings (SSSR count). The first-order chi connectivity index (χ1) is 9.66. The molecule has 2 aliphatic rings. The van der Waals surface area contributed by atoms with Gasteiger partial charge in [0.1, 0.15) is 11.9 Å². The van der Waals surface area contributed by atoms with Crippen LogP contribution in [-0.2, 0) is 5.54 Å². The Morgan fingerprint density at radius 3 is 2.80 bits per heavy atom. The Morgan fingerprint density at radius 2 is 2.05 bits per heavy atom. The lowest BCUT2D eigenvalue weighted by Crippen LogP contribution is -2.38. The van der Waals surface area contributed by atoms with E-state index < -0.39 is 0 Å². The van der Waals surface area contributed by atoms with Crippen LogP contribution in [0, 0.1) is 0 Å². The van der Waals surface area contributed by atoms with E-state index in [2.05, 4.69) is 36.2 Å². The van der Waals surface area contributed by atoms with E-state index in [1.165, 1.54) is 31.4 Å². The molecular weight excluding hydrogens is 248 g/mol.